The number of carboxylic acid groups (broad SMARTS) is 1. The summed E-state index contributed by atoms with van der Waals surface area (Å²) in [5.41, 5.74) is 2.14. The molecular formula is C13H13NO4. The zero-order chi connectivity index (χ0) is 13.3. The first kappa shape index (κ1) is 12.3. The van der Waals surface area contributed by atoms with Crippen molar-refractivity contribution in [1.29, 1.82) is 0 Å². The smallest absolute Gasteiger partial charge is 0.374 e. The molecule has 1 aromatic rings. The number of rotatable bonds is 3. The average Bonchev–Trinajstić information content (AvgIpc) is 2.80. The molecule has 18 heavy (non-hydrogen) atoms. The molecule has 0 aliphatic carbocycles. The second-order valence-corrected chi connectivity index (χ2v) is 4.32. The van der Waals surface area contributed by atoms with E-state index in [-0.39, 0.29) is 5.75 Å². The lowest BCUT2D eigenvalue weighted by Gasteiger charge is -2.04. The number of aliphatic imine (C=N–C) groups is 1. The van der Waals surface area contributed by atoms with Crippen LogP contribution >= 0.6 is 0 Å². The number of benzene rings is 1. The normalized spacial score (nSPS) is 18.5. The molecule has 0 radical (unpaired) electrons. The van der Waals surface area contributed by atoms with E-state index in [1.54, 1.807) is 18.2 Å². The van der Waals surface area contributed by atoms with E-state index in [1.165, 1.54) is 0 Å². The van der Waals surface area contributed by atoms with Gasteiger partial charge in [0.1, 0.15) is 11.8 Å². The molecule has 0 spiro atoms. The largest absolute Gasteiger partial charge is 0.507 e. The fourth-order valence-corrected chi connectivity index (χ4v) is 2.01. The maximum Gasteiger partial charge on any atom is 0.374 e. The van der Waals surface area contributed by atoms with E-state index >= 15 is 0 Å². The van der Waals surface area contributed by atoms with Gasteiger partial charge < -0.3 is 10.2 Å². The van der Waals surface area contributed by atoms with Crippen molar-refractivity contribution in [2.45, 2.75) is 25.8 Å². The Bertz CT molecular complexity index is 548. The number of aromatic hydroxyl groups is 1. The summed E-state index contributed by atoms with van der Waals surface area (Å²) < 4.78 is 0. The van der Waals surface area contributed by atoms with Crippen LogP contribution in [0.1, 0.15) is 24.0 Å². The van der Waals surface area contributed by atoms with Crippen LogP contribution in [-0.2, 0) is 9.59 Å². The SMILES string of the molecule is Cc1ccc(O)c(C2=NC(C(=O)C(=O)O)CC2)c1. The number of aryl methyl sites for hydroxylation is 1. The minimum absolute atomic E-state index is 0.0998. The van der Waals surface area contributed by atoms with Gasteiger partial charge in [-0.05, 0) is 31.9 Å². The molecule has 2 N–H and O–H groups in total. The molecule has 5 heteroatoms. The number of carbonyl (C=O) groups is 2. The maximum absolute atomic E-state index is 11.3. The van der Waals surface area contributed by atoms with Crippen LogP contribution in [0.5, 0.6) is 5.75 Å². The Hall–Kier alpha value is -2.17. The third-order valence-corrected chi connectivity index (χ3v) is 2.94. The van der Waals surface area contributed by atoms with Crippen molar-refractivity contribution < 1.29 is 19.8 Å². The van der Waals surface area contributed by atoms with Gasteiger partial charge in [-0.25, -0.2) is 4.79 Å². The molecular weight excluding hydrogens is 234 g/mol. The van der Waals surface area contributed by atoms with Gasteiger partial charge in [0.05, 0.1) is 0 Å². The standard InChI is InChI=1S/C13H13NO4/c1-7-2-5-11(15)8(6-7)9-3-4-10(14-9)12(16)13(17)18/h2,5-6,10,15H,3-4H2,1H3,(H,17,18). The molecule has 1 heterocycles. The zero-order valence-corrected chi connectivity index (χ0v) is 9.88. The third-order valence-electron chi connectivity index (χ3n) is 2.94. The first-order valence-corrected chi connectivity index (χ1v) is 5.63. The Balaban J connectivity index is 2.30. The highest BCUT2D eigenvalue weighted by atomic mass is 16.4. The molecule has 0 amide bonds. The van der Waals surface area contributed by atoms with Gasteiger partial charge in [0.15, 0.2) is 0 Å². The molecule has 5 nitrogen and oxygen atoms in total. The summed E-state index contributed by atoms with van der Waals surface area (Å²) in [4.78, 5) is 26.0. The van der Waals surface area contributed by atoms with Crippen LogP contribution in [0.3, 0.4) is 0 Å². The summed E-state index contributed by atoms with van der Waals surface area (Å²) in [7, 11) is 0. The molecule has 1 aromatic carbocycles. The highest BCUT2D eigenvalue weighted by Crippen LogP contribution is 2.26. The van der Waals surface area contributed by atoms with Crippen molar-refractivity contribution in [3.63, 3.8) is 0 Å². The quantitative estimate of drug-likeness (QED) is 0.788. The molecule has 0 bridgehead atoms. The molecule has 2 rings (SSSR count). The Morgan fingerprint density at radius 3 is 2.78 bits per heavy atom. The second kappa shape index (κ2) is 4.60. The molecule has 0 saturated carbocycles. The Morgan fingerprint density at radius 1 is 1.39 bits per heavy atom. The maximum atomic E-state index is 11.3. The molecule has 1 unspecified atom stereocenters. The Kier molecular flexibility index (Phi) is 3.14. The number of nitrogens with zero attached hydrogens (tertiary/aromatic N) is 1. The zero-order valence-electron chi connectivity index (χ0n) is 9.88. The number of carbonyl (C=O) groups excluding carboxylic acids is 1. The van der Waals surface area contributed by atoms with E-state index < -0.39 is 17.8 Å². The average molecular weight is 247 g/mol. The van der Waals surface area contributed by atoms with Crippen molar-refractivity contribution in [2.24, 2.45) is 4.99 Å². The fraction of sp³-hybridized carbons (Fsp3) is 0.308. The fourth-order valence-electron chi connectivity index (χ4n) is 2.01. The Morgan fingerprint density at radius 2 is 2.11 bits per heavy atom. The molecule has 0 fully saturated rings. The van der Waals surface area contributed by atoms with Gasteiger partial charge in [0.2, 0.25) is 0 Å². The van der Waals surface area contributed by atoms with Crippen LogP contribution in [0.2, 0.25) is 0 Å². The number of carboxylic acids is 1. The van der Waals surface area contributed by atoms with Gasteiger partial charge in [-0.15, -0.1) is 0 Å². The summed E-state index contributed by atoms with van der Waals surface area (Å²) in [6, 6.07) is 4.30. The lowest BCUT2D eigenvalue weighted by Crippen LogP contribution is -2.24. The first-order valence-electron chi connectivity index (χ1n) is 5.63. The number of phenols is 1. The molecule has 1 atom stereocenters. The van der Waals surface area contributed by atoms with E-state index in [0.29, 0.717) is 24.1 Å². The van der Waals surface area contributed by atoms with E-state index in [2.05, 4.69) is 4.99 Å². The topological polar surface area (TPSA) is 87.0 Å². The lowest BCUT2D eigenvalue weighted by molar-refractivity contribution is -0.149. The van der Waals surface area contributed by atoms with E-state index in [0.717, 1.165) is 5.56 Å². The lowest BCUT2D eigenvalue weighted by atomic mass is 10.0. The first-order chi connectivity index (χ1) is 8.49. The van der Waals surface area contributed by atoms with Gasteiger partial charge in [0, 0.05) is 11.3 Å². The highest BCUT2D eigenvalue weighted by molar-refractivity contribution is 6.35. The van der Waals surface area contributed by atoms with Crippen molar-refractivity contribution in [3.05, 3.63) is 29.3 Å². The van der Waals surface area contributed by atoms with Crippen LogP contribution in [0.15, 0.2) is 23.2 Å². The van der Waals surface area contributed by atoms with Crippen LogP contribution in [0, 0.1) is 6.92 Å². The minimum atomic E-state index is -1.46. The van der Waals surface area contributed by atoms with Gasteiger partial charge in [-0.3, -0.25) is 9.79 Å². The van der Waals surface area contributed by atoms with Crippen LogP contribution in [0.4, 0.5) is 0 Å². The number of ketones is 1. The summed E-state index contributed by atoms with van der Waals surface area (Å²) in [5, 5.41) is 18.4. The summed E-state index contributed by atoms with van der Waals surface area (Å²) in [6.45, 7) is 1.89. The molecule has 0 aromatic heterocycles. The van der Waals surface area contributed by atoms with Crippen molar-refractivity contribution >= 4 is 17.5 Å². The molecule has 1 aliphatic rings. The number of hydrogen-bond acceptors (Lipinski definition) is 4. The monoisotopic (exact) mass is 247 g/mol. The van der Waals surface area contributed by atoms with Crippen molar-refractivity contribution in [1.82, 2.24) is 0 Å². The van der Waals surface area contributed by atoms with Gasteiger partial charge >= 0.3 is 5.97 Å². The number of Topliss-reactive ketones (excluding diaryl/α,β-unsaturated/α-hetero) is 1. The molecule has 0 saturated heterocycles. The summed E-state index contributed by atoms with van der Waals surface area (Å²) in [5.74, 6) is -2.25. The summed E-state index contributed by atoms with van der Waals surface area (Å²) in [6.07, 6.45) is 0.883. The highest BCUT2D eigenvalue weighted by Gasteiger charge is 2.30. The van der Waals surface area contributed by atoms with Gasteiger partial charge in [-0.2, -0.15) is 0 Å². The van der Waals surface area contributed by atoms with Crippen molar-refractivity contribution in [3.8, 4) is 5.75 Å². The molecule has 94 valence electrons. The predicted octanol–water partition coefficient (Wildman–Crippen LogP) is 1.31. The van der Waals surface area contributed by atoms with Crippen LogP contribution in [-0.4, -0.2) is 33.7 Å². The third kappa shape index (κ3) is 2.25. The van der Waals surface area contributed by atoms with E-state index in [9.17, 15) is 14.7 Å². The van der Waals surface area contributed by atoms with Gasteiger partial charge in [0.25, 0.3) is 5.78 Å². The Labute approximate surface area is 104 Å². The minimum Gasteiger partial charge on any atom is -0.507 e. The number of hydrogen-bond donors (Lipinski definition) is 2. The predicted molar refractivity (Wildman–Crippen MR) is 65.0 cm³/mol. The number of phenolic OH excluding ortho intramolecular Hbond substituents is 1. The van der Waals surface area contributed by atoms with Crippen LogP contribution < -0.4 is 0 Å². The second-order valence-electron chi connectivity index (χ2n) is 4.32. The van der Waals surface area contributed by atoms with Crippen LogP contribution in [0.25, 0.3) is 0 Å². The van der Waals surface area contributed by atoms with Gasteiger partial charge in [-0.1, -0.05) is 11.6 Å². The summed E-state index contributed by atoms with van der Waals surface area (Å²) >= 11 is 0. The molecule has 1 aliphatic heterocycles. The van der Waals surface area contributed by atoms with Crippen molar-refractivity contribution in [2.75, 3.05) is 0 Å². The number of aliphatic carboxylic acids is 1. The van der Waals surface area contributed by atoms with E-state index in [1.807, 2.05) is 6.92 Å². The van der Waals surface area contributed by atoms with E-state index in [4.69, 9.17) is 5.11 Å².